The standard InChI is InChI=1S/C12H19NO3S/c1-9(2)10(3)13(4)17(15,16)12-7-5-11(14)6-8-12/h5-10,14H,1-4H3. The second kappa shape index (κ2) is 5.06. The molecule has 17 heavy (non-hydrogen) atoms. The molecule has 1 unspecified atom stereocenters. The minimum absolute atomic E-state index is 0.0588. The predicted molar refractivity (Wildman–Crippen MR) is 67.4 cm³/mol. The Hall–Kier alpha value is -1.07. The summed E-state index contributed by atoms with van der Waals surface area (Å²) in [6.45, 7) is 5.84. The lowest BCUT2D eigenvalue weighted by atomic mass is 10.1. The molecule has 0 heterocycles. The van der Waals surface area contributed by atoms with E-state index in [2.05, 4.69) is 0 Å². The molecule has 0 amide bonds. The van der Waals surface area contributed by atoms with Gasteiger partial charge in [-0.15, -0.1) is 0 Å². The summed E-state index contributed by atoms with van der Waals surface area (Å²) in [7, 11) is -1.90. The van der Waals surface area contributed by atoms with Crippen molar-refractivity contribution in [2.75, 3.05) is 7.05 Å². The number of benzene rings is 1. The Morgan fingerprint density at radius 2 is 1.59 bits per heavy atom. The summed E-state index contributed by atoms with van der Waals surface area (Å²) < 4.78 is 25.8. The van der Waals surface area contributed by atoms with Crippen molar-refractivity contribution in [3.05, 3.63) is 24.3 Å². The Kier molecular flexibility index (Phi) is 4.16. The van der Waals surface area contributed by atoms with Gasteiger partial charge in [0, 0.05) is 13.1 Å². The van der Waals surface area contributed by atoms with Crippen LogP contribution in [0.15, 0.2) is 29.2 Å². The molecule has 0 saturated carbocycles. The molecule has 0 fully saturated rings. The Morgan fingerprint density at radius 1 is 1.12 bits per heavy atom. The van der Waals surface area contributed by atoms with E-state index in [9.17, 15) is 8.42 Å². The van der Waals surface area contributed by atoms with Crippen molar-refractivity contribution in [3.8, 4) is 5.75 Å². The zero-order valence-electron chi connectivity index (χ0n) is 10.6. The molecule has 0 aromatic heterocycles. The lowest BCUT2D eigenvalue weighted by Crippen LogP contribution is -2.38. The van der Waals surface area contributed by atoms with Gasteiger partial charge in [-0.2, -0.15) is 4.31 Å². The maximum Gasteiger partial charge on any atom is 0.243 e. The highest BCUT2D eigenvalue weighted by atomic mass is 32.2. The first-order chi connectivity index (χ1) is 7.76. The van der Waals surface area contributed by atoms with Gasteiger partial charge >= 0.3 is 0 Å². The highest BCUT2D eigenvalue weighted by Crippen LogP contribution is 2.21. The molecule has 0 saturated heterocycles. The van der Waals surface area contributed by atoms with Gasteiger partial charge in [0.05, 0.1) is 4.90 Å². The SMILES string of the molecule is CC(C)C(C)N(C)S(=O)(=O)c1ccc(O)cc1. The second-order valence-corrected chi connectivity index (χ2v) is 6.50. The van der Waals surface area contributed by atoms with Gasteiger partial charge in [-0.05, 0) is 37.1 Å². The van der Waals surface area contributed by atoms with Gasteiger partial charge in [-0.25, -0.2) is 8.42 Å². The van der Waals surface area contributed by atoms with E-state index in [4.69, 9.17) is 5.11 Å². The molecule has 4 nitrogen and oxygen atoms in total. The molecule has 1 rings (SSSR count). The molecular weight excluding hydrogens is 238 g/mol. The number of phenols is 1. The fourth-order valence-electron chi connectivity index (χ4n) is 1.42. The quantitative estimate of drug-likeness (QED) is 0.898. The maximum absolute atomic E-state index is 12.2. The van der Waals surface area contributed by atoms with Gasteiger partial charge in [0.2, 0.25) is 10.0 Å². The summed E-state index contributed by atoms with van der Waals surface area (Å²) in [6.07, 6.45) is 0. The molecule has 0 aliphatic rings. The number of hydrogen-bond acceptors (Lipinski definition) is 3. The Labute approximate surface area is 103 Å². The average Bonchev–Trinajstić information content (AvgIpc) is 2.27. The molecule has 96 valence electrons. The zero-order valence-corrected chi connectivity index (χ0v) is 11.4. The molecule has 0 aliphatic heterocycles. The van der Waals surface area contributed by atoms with Crippen molar-refractivity contribution in [3.63, 3.8) is 0 Å². The number of aromatic hydroxyl groups is 1. The molecule has 0 spiro atoms. The highest BCUT2D eigenvalue weighted by molar-refractivity contribution is 7.89. The summed E-state index contributed by atoms with van der Waals surface area (Å²) in [5, 5.41) is 9.15. The largest absolute Gasteiger partial charge is 0.508 e. The van der Waals surface area contributed by atoms with Crippen LogP contribution in [0, 0.1) is 5.92 Å². The summed E-state index contributed by atoms with van der Waals surface area (Å²) in [5.74, 6) is 0.301. The summed E-state index contributed by atoms with van der Waals surface area (Å²) in [4.78, 5) is 0.199. The Balaban J connectivity index is 3.07. The van der Waals surface area contributed by atoms with Crippen molar-refractivity contribution < 1.29 is 13.5 Å². The fraction of sp³-hybridized carbons (Fsp3) is 0.500. The third kappa shape index (κ3) is 2.98. The maximum atomic E-state index is 12.2. The van der Waals surface area contributed by atoms with E-state index >= 15 is 0 Å². The van der Waals surface area contributed by atoms with Crippen LogP contribution in [0.4, 0.5) is 0 Å². The van der Waals surface area contributed by atoms with E-state index in [1.54, 1.807) is 7.05 Å². The van der Waals surface area contributed by atoms with Gasteiger partial charge < -0.3 is 5.11 Å². The van der Waals surface area contributed by atoms with E-state index in [1.807, 2.05) is 20.8 Å². The molecule has 1 aromatic carbocycles. The Morgan fingerprint density at radius 3 is 2.00 bits per heavy atom. The normalized spacial score (nSPS) is 14.2. The van der Waals surface area contributed by atoms with E-state index < -0.39 is 10.0 Å². The minimum atomic E-state index is -3.48. The molecule has 1 atom stereocenters. The van der Waals surface area contributed by atoms with Gasteiger partial charge in [0.1, 0.15) is 5.75 Å². The van der Waals surface area contributed by atoms with Gasteiger partial charge in [-0.1, -0.05) is 13.8 Å². The van der Waals surface area contributed by atoms with Crippen LogP contribution in [0.25, 0.3) is 0 Å². The monoisotopic (exact) mass is 257 g/mol. The highest BCUT2D eigenvalue weighted by Gasteiger charge is 2.26. The van der Waals surface area contributed by atoms with Crippen LogP contribution in [-0.4, -0.2) is 30.9 Å². The minimum Gasteiger partial charge on any atom is -0.508 e. The lowest BCUT2D eigenvalue weighted by Gasteiger charge is -2.27. The van der Waals surface area contributed by atoms with Crippen LogP contribution >= 0.6 is 0 Å². The van der Waals surface area contributed by atoms with Crippen LogP contribution in [0.1, 0.15) is 20.8 Å². The molecule has 0 aliphatic carbocycles. The van der Waals surface area contributed by atoms with E-state index in [0.29, 0.717) is 0 Å². The number of hydrogen-bond donors (Lipinski definition) is 1. The second-order valence-electron chi connectivity index (χ2n) is 4.50. The summed E-state index contributed by atoms with van der Waals surface area (Å²) in [5.41, 5.74) is 0. The van der Waals surface area contributed by atoms with Gasteiger partial charge in [0.15, 0.2) is 0 Å². The molecule has 0 radical (unpaired) electrons. The topological polar surface area (TPSA) is 57.6 Å². The van der Waals surface area contributed by atoms with Gasteiger partial charge in [0.25, 0.3) is 0 Å². The lowest BCUT2D eigenvalue weighted by molar-refractivity contribution is 0.316. The molecule has 5 heteroatoms. The van der Waals surface area contributed by atoms with E-state index in [-0.39, 0.29) is 22.6 Å². The molecule has 1 aromatic rings. The predicted octanol–water partition coefficient (Wildman–Crippen LogP) is 2.06. The van der Waals surface area contributed by atoms with Crippen LogP contribution in [0.3, 0.4) is 0 Å². The van der Waals surface area contributed by atoms with Crippen molar-refractivity contribution >= 4 is 10.0 Å². The van der Waals surface area contributed by atoms with Crippen molar-refractivity contribution in [2.45, 2.75) is 31.7 Å². The number of phenolic OH excluding ortho intramolecular Hbond substituents is 1. The summed E-state index contributed by atoms with van der Waals surface area (Å²) >= 11 is 0. The van der Waals surface area contributed by atoms with Crippen molar-refractivity contribution in [1.82, 2.24) is 4.31 Å². The smallest absolute Gasteiger partial charge is 0.243 e. The first-order valence-electron chi connectivity index (χ1n) is 5.54. The van der Waals surface area contributed by atoms with Crippen LogP contribution < -0.4 is 0 Å². The number of sulfonamides is 1. The van der Waals surface area contributed by atoms with Crippen LogP contribution in [-0.2, 0) is 10.0 Å². The molecule has 1 N–H and O–H groups in total. The van der Waals surface area contributed by atoms with Crippen molar-refractivity contribution in [1.29, 1.82) is 0 Å². The van der Waals surface area contributed by atoms with Crippen molar-refractivity contribution in [2.24, 2.45) is 5.92 Å². The first kappa shape index (κ1) is 14.0. The number of rotatable bonds is 4. The van der Waals surface area contributed by atoms with Gasteiger partial charge in [-0.3, -0.25) is 0 Å². The Bertz CT molecular complexity index is 465. The number of nitrogens with zero attached hydrogens (tertiary/aromatic N) is 1. The summed E-state index contributed by atoms with van der Waals surface area (Å²) in [6, 6.07) is 5.50. The molecular formula is C12H19NO3S. The third-order valence-electron chi connectivity index (χ3n) is 3.05. The van der Waals surface area contributed by atoms with E-state index in [1.165, 1.54) is 28.6 Å². The van der Waals surface area contributed by atoms with Crippen LogP contribution in [0.5, 0.6) is 5.75 Å². The fourth-order valence-corrected chi connectivity index (χ4v) is 2.92. The zero-order chi connectivity index (χ0) is 13.2. The molecule has 0 bridgehead atoms. The first-order valence-corrected chi connectivity index (χ1v) is 6.98. The van der Waals surface area contributed by atoms with Crippen LogP contribution in [0.2, 0.25) is 0 Å². The van der Waals surface area contributed by atoms with E-state index in [0.717, 1.165) is 0 Å². The average molecular weight is 257 g/mol. The third-order valence-corrected chi connectivity index (χ3v) is 5.01.